The number of nitrogens with one attached hydrogen (secondary N) is 2. The van der Waals surface area contributed by atoms with Crippen molar-refractivity contribution in [3.8, 4) is 0 Å². The van der Waals surface area contributed by atoms with Crippen molar-refractivity contribution >= 4 is 22.6 Å². The summed E-state index contributed by atoms with van der Waals surface area (Å²) in [5.74, 6) is -0.800. The Kier molecular flexibility index (Phi) is 5.84. The van der Waals surface area contributed by atoms with Gasteiger partial charge in [0.05, 0.1) is 5.39 Å². The third kappa shape index (κ3) is 4.09. The van der Waals surface area contributed by atoms with Crippen molar-refractivity contribution in [2.45, 2.75) is 33.0 Å². The number of aromatic nitrogens is 2. The van der Waals surface area contributed by atoms with Gasteiger partial charge >= 0.3 is 0 Å². The van der Waals surface area contributed by atoms with Gasteiger partial charge in [0.1, 0.15) is 6.04 Å². The smallest absolute Gasteiger partial charge is 0.274 e. The predicted molar refractivity (Wildman–Crippen MR) is 107 cm³/mol. The maximum Gasteiger partial charge on any atom is 0.274 e. The van der Waals surface area contributed by atoms with Crippen LogP contribution in [-0.2, 0) is 17.9 Å². The number of carbonyl (C=O) groups is 2. The number of nitrogens with zero attached hydrogens (tertiary/aromatic N) is 2. The number of benzene rings is 2. The Hall–Kier alpha value is -3.48. The molecule has 2 aromatic carbocycles. The highest BCUT2D eigenvalue weighted by Crippen LogP contribution is 2.13. The molecule has 0 saturated carbocycles. The molecule has 2 N–H and O–H groups in total. The van der Waals surface area contributed by atoms with E-state index < -0.39 is 11.9 Å². The highest BCUT2D eigenvalue weighted by atomic mass is 16.2. The molecule has 2 amide bonds. The maximum atomic E-state index is 12.8. The molecule has 0 bridgehead atoms. The summed E-state index contributed by atoms with van der Waals surface area (Å²) in [6, 6.07) is 15.6. The Morgan fingerprint density at radius 3 is 2.36 bits per heavy atom. The number of rotatable bonds is 6. The quantitative estimate of drug-likeness (QED) is 0.685. The minimum atomic E-state index is -0.751. The largest absolute Gasteiger partial charge is 0.350 e. The summed E-state index contributed by atoms with van der Waals surface area (Å²) in [7, 11) is 0. The van der Waals surface area contributed by atoms with Crippen LogP contribution in [0.2, 0.25) is 0 Å². The SMILES string of the molecule is CCn1nc(C(=O)NC(C)C(=O)NCc2ccccc2)c2ccccc2c1=O. The zero-order valence-electron chi connectivity index (χ0n) is 15.8. The van der Waals surface area contributed by atoms with Gasteiger partial charge in [-0.1, -0.05) is 48.5 Å². The lowest BCUT2D eigenvalue weighted by Gasteiger charge is -2.15. The van der Waals surface area contributed by atoms with Gasteiger partial charge in [0.25, 0.3) is 11.5 Å². The fraction of sp³-hybridized carbons (Fsp3) is 0.238. The van der Waals surface area contributed by atoms with Crippen LogP contribution in [-0.4, -0.2) is 27.6 Å². The topological polar surface area (TPSA) is 93.1 Å². The molecule has 1 heterocycles. The van der Waals surface area contributed by atoms with E-state index in [0.717, 1.165) is 5.56 Å². The molecule has 7 nitrogen and oxygen atoms in total. The summed E-state index contributed by atoms with van der Waals surface area (Å²) >= 11 is 0. The van der Waals surface area contributed by atoms with Crippen molar-refractivity contribution < 1.29 is 9.59 Å². The Labute approximate surface area is 162 Å². The summed E-state index contributed by atoms with van der Waals surface area (Å²) in [4.78, 5) is 37.5. The van der Waals surface area contributed by atoms with Crippen molar-refractivity contribution in [2.75, 3.05) is 0 Å². The van der Waals surface area contributed by atoms with E-state index in [1.165, 1.54) is 4.68 Å². The molecule has 0 aliphatic heterocycles. The first-order valence-electron chi connectivity index (χ1n) is 9.13. The van der Waals surface area contributed by atoms with Crippen LogP contribution in [0.3, 0.4) is 0 Å². The first kappa shape index (κ1) is 19.3. The third-order valence-electron chi connectivity index (χ3n) is 4.43. The summed E-state index contributed by atoms with van der Waals surface area (Å²) in [6.45, 7) is 4.11. The molecule has 1 atom stereocenters. The van der Waals surface area contributed by atoms with E-state index in [4.69, 9.17) is 0 Å². The number of hydrogen-bond acceptors (Lipinski definition) is 4. The van der Waals surface area contributed by atoms with E-state index in [9.17, 15) is 14.4 Å². The average Bonchev–Trinajstić information content (AvgIpc) is 2.73. The Balaban J connectivity index is 1.76. The van der Waals surface area contributed by atoms with Gasteiger partial charge < -0.3 is 10.6 Å². The van der Waals surface area contributed by atoms with E-state index in [1.54, 1.807) is 38.1 Å². The standard InChI is InChI=1S/C21H22N4O3/c1-3-25-21(28)17-12-8-7-11-16(17)18(24-25)20(27)23-14(2)19(26)22-13-15-9-5-4-6-10-15/h4-12,14H,3,13H2,1-2H3,(H,22,26)(H,23,27). The van der Waals surface area contributed by atoms with Gasteiger partial charge in [-0.2, -0.15) is 5.10 Å². The minimum Gasteiger partial charge on any atom is -0.350 e. The zero-order valence-corrected chi connectivity index (χ0v) is 15.8. The predicted octanol–water partition coefficient (Wildman–Crippen LogP) is 1.85. The van der Waals surface area contributed by atoms with Crippen molar-refractivity contribution in [3.63, 3.8) is 0 Å². The molecule has 7 heteroatoms. The molecular formula is C21H22N4O3. The summed E-state index contributed by atoms with van der Waals surface area (Å²) in [6.07, 6.45) is 0. The molecule has 0 aliphatic carbocycles. The number of hydrogen-bond donors (Lipinski definition) is 2. The Bertz CT molecular complexity index is 1060. The number of aryl methyl sites for hydroxylation is 1. The second-order valence-corrected chi connectivity index (χ2v) is 6.41. The van der Waals surface area contributed by atoms with Crippen LogP contribution in [0.1, 0.15) is 29.9 Å². The number of fused-ring (bicyclic) bond motifs is 1. The zero-order chi connectivity index (χ0) is 20.1. The molecule has 0 saturated heterocycles. The monoisotopic (exact) mass is 378 g/mol. The molecule has 28 heavy (non-hydrogen) atoms. The molecule has 0 aliphatic rings. The lowest BCUT2D eigenvalue weighted by atomic mass is 10.1. The molecule has 1 aromatic heterocycles. The van der Waals surface area contributed by atoms with Crippen molar-refractivity contribution in [2.24, 2.45) is 0 Å². The van der Waals surface area contributed by atoms with E-state index in [-0.39, 0.29) is 17.2 Å². The number of amides is 2. The summed E-state index contributed by atoms with van der Waals surface area (Å²) in [5.41, 5.74) is 0.847. The first-order chi connectivity index (χ1) is 13.5. The van der Waals surface area contributed by atoms with Crippen LogP contribution < -0.4 is 16.2 Å². The van der Waals surface area contributed by atoms with E-state index >= 15 is 0 Å². The molecule has 0 radical (unpaired) electrons. The highest BCUT2D eigenvalue weighted by Gasteiger charge is 2.20. The van der Waals surface area contributed by atoms with Gasteiger partial charge in [0, 0.05) is 18.5 Å². The van der Waals surface area contributed by atoms with Gasteiger partial charge in [0.2, 0.25) is 5.91 Å². The van der Waals surface area contributed by atoms with Gasteiger partial charge in [-0.25, -0.2) is 4.68 Å². The lowest BCUT2D eigenvalue weighted by Crippen LogP contribution is -2.45. The van der Waals surface area contributed by atoms with Gasteiger partial charge in [0.15, 0.2) is 5.69 Å². The third-order valence-corrected chi connectivity index (χ3v) is 4.43. The van der Waals surface area contributed by atoms with Crippen LogP contribution in [0.15, 0.2) is 59.4 Å². The van der Waals surface area contributed by atoms with Gasteiger partial charge in [-0.3, -0.25) is 14.4 Å². The highest BCUT2D eigenvalue weighted by molar-refractivity contribution is 6.06. The summed E-state index contributed by atoms with van der Waals surface area (Å²) in [5, 5.41) is 10.5. The number of carbonyl (C=O) groups excluding carboxylic acids is 2. The van der Waals surface area contributed by atoms with Crippen molar-refractivity contribution in [3.05, 3.63) is 76.2 Å². The normalized spacial score (nSPS) is 11.8. The second-order valence-electron chi connectivity index (χ2n) is 6.41. The summed E-state index contributed by atoms with van der Waals surface area (Å²) < 4.78 is 1.25. The molecular weight excluding hydrogens is 356 g/mol. The van der Waals surface area contributed by atoms with Gasteiger partial charge in [-0.15, -0.1) is 0 Å². The average molecular weight is 378 g/mol. The second kappa shape index (κ2) is 8.47. The van der Waals surface area contributed by atoms with E-state index in [1.807, 2.05) is 30.3 Å². The van der Waals surface area contributed by atoms with Crippen LogP contribution in [0.25, 0.3) is 10.8 Å². The maximum absolute atomic E-state index is 12.8. The molecule has 0 spiro atoms. The van der Waals surface area contributed by atoms with Crippen molar-refractivity contribution in [1.82, 2.24) is 20.4 Å². The molecule has 1 unspecified atom stereocenters. The fourth-order valence-corrected chi connectivity index (χ4v) is 2.89. The van der Waals surface area contributed by atoms with E-state index in [2.05, 4.69) is 15.7 Å². The molecule has 3 aromatic rings. The molecule has 3 rings (SSSR count). The minimum absolute atomic E-state index is 0.125. The molecule has 0 fully saturated rings. The lowest BCUT2D eigenvalue weighted by molar-refractivity contribution is -0.122. The van der Waals surface area contributed by atoms with Gasteiger partial charge in [-0.05, 0) is 25.5 Å². The first-order valence-corrected chi connectivity index (χ1v) is 9.13. The molecule has 144 valence electrons. The van der Waals surface area contributed by atoms with E-state index in [0.29, 0.717) is 23.9 Å². The van der Waals surface area contributed by atoms with Crippen LogP contribution in [0, 0.1) is 0 Å². The van der Waals surface area contributed by atoms with Crippen molar-refractivity contribution in [1.29, 1.82) is 0 Å². The van der Waals surface area contributed by atoms with Crippen LogP contribution >= 0.6 is 0 Å². The fourth-order valence-electron chi connectivity index (χ4n) is 2.89. The van der Waals surface area contributed by atoms with Crippen LogP contribution in [0.4, 0.5) is 0 Å². The Morgan fingerprint density at radius 1 is 1.04 bits per heavy atom. The van der Waals surface area contributed by atoms with Crippen LogP contribution in [0.5, 0.6) is 0 Å². The Morgan fingerprint density at radius 2 is 1.68 bits per heavy atom.